The molecular formula is C38H42N4O7PS6+. The molecule has 11 nitrogen and oxygen atoms in total. The maximum Gasteiger partial charge on any atom is 0.700 e. The number of hydrogen-bond acceptors (Lipinski definition) is 13. The van der Waals surface area contributed by atoms with E-state index in [1.54, 1.807) is 96.3 Å². The van der Waals surface area contributed by atoms with Crippen LogP contribution in [0.5, 0.6) is 0 Å². The average Bonchev–Trinajstić information content (AvgIpc) is 3.78. The van der Waals surface area contributed by atoms with Crippen LogP contribution in [0, 0.1) is 0 Å². The van der Waals surface area contributed by atoms with Crippen molar-refractivity contribution in [1.82, 2.24) is 19.4 Å². The van der Waals surface area contributed by atoms with Crippen LogP contribution in [0.25, 0.3) is 20.4 Å². The van der Waals surface area contributed by atoms with Gasteiger partial charge in [-0.1, -0.05) is 120 Å². The SMILES string of the molecule is CCCCSc1nc2ccc(S(=O)(=O)NC(Cc3ccccc3)O[P+](=O)OC(Cc3ccccc3)NS(=O)(=O)c3ccc4nc(SCCCC)sc4c3)cc2s1. The molecule has 0 saturated heterocycles. The number of nitrogens with one attached hydrogen (secondary N) is 2. The zero-order chi connectivity index (χ0) is 39.5. The van der Waals surface area contributed by atoms with Crippen molar-refractivity contribution in [3.05, 3.63) is 108 Å². The first-order chi connectivity index (χ1) is 27.0. The predicted octanol–water partition coefficient (Wildman–Crippen LogP) is 9.78. The lowest BCUT2D eigenvalue weighted by Gasteiger charge is -2.16. The molecule has 6 aromatic rings. The molecule has 4 aromatic carbocycles. The second-order valence-electron chi connectivity index (χ2n) is 12.7. The standard InChI is InChI=1S/C38H42N4O7PS6/c1-3-5-21-51-37-39-31-19-17-29(25-33(31)53-37)55(44,45)41-35(23-27-13-9-7-10-14-27)48-50(43)49-36(24-28-15-11-8-12-16-28)42-56(46,47)30-18-20-32-34(26-30)54-38(40-32)52-22-6-4-2/h7-20,25-26,35-36,41-42H,3-6,21-24H2,1-2H3/q+1. The summed E-state index contributed by atoms with van der Waals surface area (Å²) >= 11 is 6.14. The van der Waals surface area contributed by atoms with Crippen LogP contribution in [0.3, 0.4) is 0 Å². The topological polar surface area (TPSA) is 154 Å². The third-order valence-corrected chi connectivity index (χ3v) is 16.5. The summed E-state index contributed by atoms with van der Waals surface area (Å²) in [6.07, 6.45) is 1.60. The number of rotatable bonds is 22. The van der Waals surface area contributed by atoms with Crippen molar-refractivity contribution in [3.63, 3.8) is 0 Å². The van der Waals surface area contributed by atoms with Gasteiger partial charge in [0.05, 0.1) is 30.2 Å². The van der Waals surface area contributed by atoms with Gasteiger partial charge < -0.3 is 0 Å². The highest BCUT2D eigenvalue weighted by Crippen LogP contribution is 2.35. The minimum atomic E-state index is -4.20. The van der Waals surface area contributed by atoms with Crippen LogP contribution in [0.4, 0.5) is 0 Å². The van der Waals surface area contributed by atoms with Crippen LogP contribution in [0.15, 0.2) is 116 Å². The van der Waals surface area contributed by atoms with Gasteiger partial charge in [0, 0.05) is 28.9 Å². The number of unbranched alkanes of at least 4 members (excludes halogenated alkanes) is 2. The number of nitrogens with zero attached hydrogens (tertiary/aromatic N) is 2. The molecule has 0 aliphatic carbocycles. The van der Waals surface area contributed by atoms with E-state index in [0.29, 0.717) is 22.2 Å². The number of thioether (sulfide) groups is 2. The van der Waals surface area contributed by atoms with Crippen LogP contribution >= 0.6 is 54.5 Å². The highest BCUT2D eigenvalue weighted by Gasteiger charge is 2.36. The maximum absolute atomic E-state index is 13.8. The quantitative estimate of drug-likeness (QED) is 0.0290. The van der Waals surface area contributed by atoms with Crippen LogP contribution in [0.2, 0.25) is 0 Å². The monoisotopic (exact) mass is 889 g/mol. The molecule has 2 unspecified atom stereocenters. The molecule has 0 aliphatic heterocycles. The van der Waals surface area contributed by atoms with Crippen LogP contribution in [-0.4, -0.2) is 50.8 Å². The average molecular weight is 890 g/mol. The van der Waals surface area contributed by atoms with E-state index >= 15 is 0 Å². The Morgan fingerprint density at radius 1 is 0.643 bits per heavy atom. The summed E-state index contributed by atoms with van der Waals surface area (Å²) in [5.41, 5.74) is 2.82. The Morgan fingerprint density at radius 3 is 1.45 bits per heavy atom. The van der Waals surface area contributed by atoms with E-state index in [9.17, 15) is 21.4 Å². The van der Waals surface area contributed by atoms with E-state index in [1.165, 1.54) is 34.8 Å². The van der Waals surface area contributed by atoms with E-state index < -0.39 is 40.8 Å². The Labute approximate surface area is 345 Å². The van der Waals surface area contributed by atoms with Crippen molar-refractivity contribution in [1.29, 1.82) is 0 Å². The molecule has 0 bridgehead atoms. The highest BCUT2D eigenvalue weighted by atomic mass is 32.2. The molecular weight excluding hydrogens is 848 g/mol. The fraction of sp³-hybridized carbons (Fsp3) is 0.316. The van der Waals surface area contributed by atoms with E-state index in [1.807, 2.05) is 12.1 Å². The molecule has 0 fully saturated rings. The summed E-state index contributed by atoms with van der Waals surface area (Å²) in [4.78, 5) is 9.25. The number of fused-ring (bicyclic) bond motifs is 2. The number of benzene rings is 4. The van der Waals surface area contributed by atoms with Gasteiger partial charge in [-0.3, -0.25) is 0 Å². The van der Waals surface area contributed by atoms with E-state index in [4.69, 9.17) is 9.05 Å². The lowest BCUT2D eigenvalue weighted by molar-refractivity contribution is 0.119. The number of sulfonamides is 2. The third-order valence-electron chi connectivity index (χ3n) is 8.28. The maximum atomic E-state index is 13.8. The molecule has 0 amide bonds. The Kier molecular flexibility index (Phi) is 15.5. The van der Waals surface area contributed by atoms with Crippen molar-refractivity contribution in [2.24, 2.45) is 0 Å². The third kappa shape index (κ3) is 12.1. The fourth-order valence-electron chi connectivity index (χ4n) is 5.41. The smallest absolute Gasteiger partial charge is 0.230 e. The Morgan fingerprint density at radius 2 is 1.05 bits per heavy atom. The van der Waals surface area contributed by atoms with Gasteiger partial charge in [0.15, 0.2) is 21.1 Å². The van der Waals surface area contributed by atoms with E-state index in [0.717, 1.165) is 55.3 Å². The van der Waals surface area contributed by atoms with Gasteiger partial charge in [-0.15, -0.1) is 22.7 Å². The highest BCUT2D eigenvalue weighted by molar-refractivity contribution is 8.01. The molecule has 6 rings (SSSR count). The van der Waals surface area contributed by atoms with Crippen LogP contribution in [-0.2, 0) is 46.5 Å². The lowest BCUT2D eigenvalue weighted by atomic mass is 10.1. The van der Waals surface area contributed by atoms with Crippen molar-refractivity contribution >= 4 is 94.9 Å². The van der Waals surface area contributed by atoms with Crippen LogP contribution < -0.4 is 9.44 Å². The largest absolute Gasteiger partial charge is 0.700 e. The molecule has 0 radical (unpaired) electrons. The second-order valence-corrected chi connectivity index (χ2v) is 21.7. The zero-order valence-electron chi connectivity index (χ0n) is 30.7. The minimum absolute atomic E-state index is 0.00383. The molecule has 2 atom stereocenters. The summed E-state index contributed by atoms with van der Waals surface area (Å²) in [6, 6.07) is 27.4. The Balaban J connectivity index is 1.20. The molecule has 56 heavy (non-hydrogen) atoms. The molecule has 0 saturated carbocycles. The lowest BCUT2D eigenvalue weighted by Crippen LogP contribution is -2.39. The van der Waals surface area contributed by atoms with Crippen molar-refractivity contribution in [3.8, 4) is 0 Å². The summed E-state index contributed by atoms with van der Waals surface area (Å²) in [6.45, 7) is 4.25. The van der Waals surface area contributed by atoms with E-state index in [-0.39, 0.29) is 22.6 Å². The molecule has 0 spiro atoms. The predicted molar refractivity (Wildman–Crippen MR) is 229 cm³/mol. The summed E-state index contributed by atoms with van der Waals surface area (Å²) in [5.74, 6) is 1.86. The molecule has 296 valence electrons. The van der Waals surface area contributed by atoms with Gasteiger partial charge in [0.2, 0.25) is 20.0 Å². The number of thiazole rings is 2. The first-order valence-electron chi connectivity index (χ1n) is 18.0. The van der Waals surface area contributed by atoms with Crippen molar-refractivity contribution < 1.29 is 30.4 Å². The second kappa shape index (κ2) is 20.3. The molecule has 18 heteroatoms. The molecule has 0 aliphatic rings. The van der Waals surface area contributed by atoms with Crippen molar-refractivity contribution in [2.75, 3.05) is 11.5 Å². The number of hydrogen-bond donors (Lipinski definition) is 2. The number of aromatic nitrogens is 2. The van der Waals surface area contributed by atoms with Gasteiger partial charge in [0.25, 0.3) is 0 Å². The first-order valence-corrected chi connectivity index (χ1v) is 25.7. The normalized spacial score (nSPS) is 13.6. The van der Waals surface area contributed by atoms with Gasteiger partial charge in [-0.2, -0.15) is 9.44 Å². The summed E-state index contributed by atoms with van der Waals surface area (Å²) in [7, 11) is -11.5. The summed E-state index contributed by atoms with van der Waals surface area (Å²) < 4.78 is 88.7. The first kappa shape index (κ1) is 42.8. The Bertz CT molecular complexity index is 2280. The van der Waals surface area contributed by atoms with Gasteiger partial charge in [-0.25, -0.2) is 26.8 Å². The van der Waals surface area contributed by atoms with Crippen LogP contribution in [0.1, 0.15) is 50.7 Å². The minimum Gasteiger partial charge on any atom is -0.230 e. The zero-order valence-corrected chi connectivity index (χ0v) is 36.5. The molecule has 2 heterocycles. The molecule has 2 aromatic heterocycles. The Hall–Kier alpha value is -2.80. The van der Waals surface area contributed by atoms with Gasteiger partial charge >= 0.3 is 8.25 Å². The van der Waals surface area contributed by atoms with Gasteiger partial charge in [0.1, 0.15) is 0 Å². The van der Waals surface area contributed by atoms with Crippen molar-refractivity contribution in [2.45, 2.75) is 83.3 Å². The van der Waals surface area contributed by atoms with E-state index in [2.05, 4.69) is 33.3 Å². The fourth-order valence-corrected chi connectivity index (χ4v) is 13.2. The van der Waals surface area contributed by atoms with Gasteiger partial charge in [-0.05, 0) is 60.4 Å². The summed E-state index contributed by atoms with van der Waals surface area (Å²) in [5, 5.41) is 0. The molecule has 2 N–H and O–H groups in total.